The van der Waals surface area contributed by atoms with Crippen molar-refractivity contribution in [2.75, 3.05) is 6.54 Å². The van der Waals surface area contributed by atoms with E-state index < -0.39 is 22.0 Å². The molecule has 3 aromatic carbocycles. The summed E-state index contributed by atoms with van der Waals surface area (Å²) in [5.74, 6) is -1.13. The second-order valence-electron chi connectivity index (χ2n) is 10.4. The summed E-state index contributed by atoms with van der Waals surface area (Å²) in [6.45, 7) is 5.80. The maximum absolute atomic E-state index is 13.8. The molecule has 3 aromatic rings. The summed E-state index contributed by atoms with van der Waals surface area (Å²) in [7, 11) is -3.96. The van der Waals surface area contributed by atoms with Crippen LogP contribution in [0.3, 0.4) is 0 Å². The lowest BCUT2D eigenvalue weighted by Gasteiger charge is -2.32. The molecule has 9 heteroatoms. The van der Waals surface area contributed by atoms with Gasteiger partial charge in [-0.2, -0.15) is 0 Å². The largest absolute Gasteiger partial charge is 0.352 e. The van der Waals surface area contributed by atoms with Crippen LogP contribution < -0.4 is 5.32 Å². The van der Waals surface area contributed by atoms with Gasteiger partial charge in [-0.15, -0.1) is 0 Å². The molecule has 40 heavy (non-hydrogen) atoms. The molecule has 1 N–H and O–H groups in total. The van der Waals surface area contributed by atoms with E-state index in [1.807, 2.05) is 75.4 Å². The van der Waals surface area contributed by atoms with Crippen LogP contribution in [0, 0.1) is 6.92 Å². The van der Waals surface area contributed by atoms with Crippen LogP contribution in [-0.4, -0.2) is 54.0 Å². The van der Waals surface area contributed by atoms with E-state index in [0.29, 0.717) is 6.42 Å². The van der Waals surface area contributed by atoms with Crippen molar-refractivity contribution in [1.82, 2.24) is 14.5 Å². The van der Waals surface area contributed by atoms with Crippen molar-refractivity contribution in [3.8, 4) is 0 Å². The van der Waals surface area contributed by atoms with Crippen molar-refractivity contribution in [2.24, 2.45) is 0 Å². The quantitative estimate of drug-likeness (QED) is 0.380. The number of hydrogen-bond acceptors (Lipinski definition) is 5. The first kappa shape index (κ1) is 29.0. The van der Waals surface area contributed by atoms with Crippen molar-refractivity contribution in [2.45, 2.75) is 63.6 Å². The number of fused-ring (bicyclic) bond motifs is 1. The minimum absolute atomic E-state index is 0.0133. The summed E-state index contributed by atoms with van der Waals surface area (Å²) < 4.78 is 26.7. The van der Waals surface area contributed by atoms with Gasteiger partial charge in [-0.25, -0.2) is 12.7 Å². The Hall–Kier alpha value is -3.98. The highest BCUT2D eigenvalue weighted by atomic mass is 32.2. The van der Waals surface area contributed by atoms with Gasteiger partial charge in [0.1, 0.15) is 10.9 Å². The molecule has 1 unspecified atom stereocenters. The van der Waals surface area contributed by atoms with Crippen LogP contribution in [0.4, 0.5) is 0 Å². The fourth-order valence-electron chi connectivity index (χ4n) is 4.91. The molecule has 0 fully saturated rings. The van der Waals surface area contributed by atoms with E-state index in [4.69, 9.17) is 0 Å². The number of benzene rings is 3. The molecule has 0 bridgehead atoms. The second-order valence-corrected chi connectivity index (χ2v) is 12.2. The van der Waals surface area contributed by atoms with Gasteiger partial charge >= 0.3 is 0 Å². The van der Waals surface area contributed by atoms with Gasteiger partial charge in [-0.1, -0.05) is 72.3 Å². The monoisotopic (exact) mass is 561 g/mol. The summed E-state index contributed by atoms with van der Waals surface area (Å²) in [5, 5.41) is 2.96. The zero-order valence-corrected chi connectivity index (χ0v) is 23.9. The SMILES string of the molecule is Cc1cccc(CN(C(=O)CCCN2C(=O)c3ccccc3S2(=O)=O)C(Cc2ccccc2)C(=O)NC(C)C)c1. The van der Waals surface area contributed by atoms with Crippen LogP contribution in [0.15, 0.2) is 83.8 Å². The molecule has 4 rings (SSSR count). The summed E-state index contributed by atoms with van der Waals surface area (Å²) in [4.78, 5) is 41.6. The molecule has 0 saturated heterocycles. The van der Waals surface area contributed by atoms with E-state index in [-0.39, 0.29) is 54.2 Å². The fraction of sp³-hybridized carbons (Fsp3) is 0.323. The number of nitrogens with one attached hydrogen (secondary N) is 1. The highest BCUT2D eigenvalue weighted by molar-refractivity contribution is 7.90. The Labute approximate surface area is 236 Å². The Morgan fingerprint density at radius 2 is 1.60 bits per heavy atom. The molecule has 0 saturated carbocycles. The normalized spacial score (nSPS) is 14.6. The lowest BCUT2D eigenvalue weighted by molar-refractivity contribution is -0.141. The number of carbonyl (C=O) groups excluding carboxylic acids is 3. The average Bonchev–Trinajstić information content (AvgIpc) is 3.11. The van der Waals surface area contributed by atoms with Gasteiger partial charge in [-0.3, -0.25) is 14.4 Å². The summed E-state index contributed by atoms with van der Waals surface area (Å²) in [6, 6.07) is 22.5. The van der Waals surface area contributed by atoms with E-state index in [0.717, 1.165) is 21.0 Å². The van der Waals surface area contributed by atoms with Crippen LogP contribution in [0.1, 0.15) is 53.7 Å². The van der Waals surface area contributed by atoms with Crippen molar-refractivity contribution < 1.29 is 22.8 Å². The van der Waals surface area contributed by atoms with Crippen molar-refractivity contribution >= 4 is 27.7 Å². The molecule has 1 heterocycles. The minimum atomic E-state index is -3.96. The molecule has 3 amide bonds. The first-order valence-electron chi connectivity index (χ1n) is 13.4. The molecule has 1 atom stereocenters. The average molecular weight is 562 g/mol. The van der Waals surface area contributed by atoms with E-state index in [1.54, 1.807) is 17.0 Å². The molecule has 0 spiro atoms. The van der Waals surface area contributed by atoms with E-state index in [2.05, 4.69) is 5.32 Å². The molecule has 1 aliphatic rings. The van der Waals surface area contributed by atoms with E-state index in [1.165, 1.54) is 12.1 Å². The molecule has 210 valence electrons. The number of rotatable bonds is 11. The maximum atomic E-state index is 13.8. The number of aryl methyl sites for hydroxylation is 1. The molecule has 1 aliphatic heterocycles. The highest BCUT2D eigenvalue weighted by Crippen LogP contribution is 2.30. The van der Waals surface area contributed by atoms with E-state index >= 15 is 0 Å². The summed E-state index contributed by atoms with van der Waals surface area (Å²) >= 11 is 0. The predicted molar refractivity (Wildman–Crippen MR) is 153 cm³/mol. The standard InChI is InChI=1S/C31H35N3O5S/c1-22(2)32-30(36)27(20-24-12-5-4-6-13-24)33(21-25-14-9-11-23(3)19-25)29(35)17-10-18-34-31(37)26-15-7-8-16-28(26)40(34,38)39/h4-9,11-16,19,22,27H,10,17-18,20-21H2,1-3H3,(H,32,36). The topological polar surface area (TPSA) is 104 Å². The predicted octanol–water partition coefficient (Wildman–Crippen LogP) is 4.08. The number of hydrogen-bond donors (Lipinski definition) is 1. The van der Waals surface area contributed by atoms with Crippen molar-refractivity contribution in [3.05, 3.63) is 101 Å². The Bertz CT molecular complexity index is 1490. The molecular formula is C31H35N3O5S. The third-order valence-corrected chi connectivity index (χ3v) is 8.64. The molecule has 0 aliphatic carbocycles. The number of carbonyl (C=O) groups is 3. The fourth-order valence-corrected chi connectivity index (χ4v) is 6.52. The van der Waals surface area contributed by atoms with Gasteiger partial charge < -0.3 is 10.2 Å². The lowest BCUT2D eigenvalue weighted by atomic mass is 10.0. The van der Waals surface area contributed by atoms with Crippen LogP contribution in [0.2, 0.25) is 0 Å². The highest BCUT2D eigenvalue weighted by Gasteiger charge is 2.40. The van der Waals surface area contributed by atoms with Crippen LogP contribution in [0.25, 0.3) is 0 Å². The molecular weight excluding hydrogens is 526 g/mol. The zero-order chi connectivity index (χ0) is 28.9. The molecule has 0 aromatic heterocycles. The summed E-state index contributed by atoms with van der Waals surface area (Å²) in [6.07, 6.45) is 0.429. The van der Waals surface area contributed by atoms with Crippen LogP contribution in [-0.2, 0) is 32.6 Å². The van der Waals surface area contributed by atoms with Gasteiger partial charge in [-0.05, 0) is 50.5 Å². The Balaban J connectivity index is 1.57. The lowest BCUT2D eigenvalue weighted by Crippen LogP contribution is -2.51. The number of amides is 3. The van der Waals surface area contributed by atoms with E-state index in [9.17, 15) is 22.8 Å². The van der Waals surface area contributed by atoms with Gasteiger partial charge in [0, 0.05) is 32.0 Å². The Kier molecular flexibility index (Phi) is 9.04. The van der Waals surface area contributed by atoms with Gasteiger partial charge in [0.2, 0.25) is 11.8 Å². The molecule has 8 nitrogen and oxygen atoms in total. The number of nitrogens with zero attached hydrogens (tertiary/aromatic N) is 2. The smallest absolute Gasteiger partial charge is 0.269 e. The van der Waals surface area contributed by atoms with Crippen LogP contribution >= 0.6 is 0 Å². The summed E-state index contributed by atoms with van der Waals surface area (Å²) in [5.41, 5.74) is 2.98. The van der Waals surface area contributed by atoms with Crippen molar-refractivity contribution in [1.29, 1.82) is 0 Å². The maximum Gasteiger partial charge on any atom is 0.269 e. The third-order valence-electron chi connectivity index (χ3n) is 6.80. The van der Waals surface area contributed by atoms with Crippen LogP contribution in [0.5, 0.6) is 0 Å². The first-order valence-corrected chi connectivity index (χ1v) is 14.9. The Morgan fingerprint density at radius 1 is 0.925 bits per heavy atom. The minimum Gasteiger partial charge on any atom is -0.352 e. The van der Waals surface area contributed by atoms with Crippen molar-refractivity contribution in [3.63, 3.8) is 0 Å². The zero-order valence-electron chi connectivity index (χ0n) is 23.0. The van der Waals surface area contributed by atoms with Gasteiger partial charge in [0.05, 0.1) is 5.56 Å². The number of sulfonamides is 1. The van der Waals surface area contributed by atoms with Gasteiger partial charge in [0.15, 0.2) is 0 Å². The van der Waals surface area contributed by atoms with Gasteiger partial charge in [0.25, 0.3) is 15.9 Å². The third kappa shape index (κ3) is 6.59. The second kappa shape index (κ2) is 12.5. The molecule has 0 radical (unpaired) electrons. The first-order chi connectivity index (χ1) is 19.1. The Morgan fingerprint density at radius 3 is 2.27 bits per heavy atom.